The number of hydrogen-bond donors (Lipinski definition) is 1. The van der Waals surface area contributed by atoms with E-state index in [0.717, 1.165) is 17.1 Å². The van der Waals surface area contributed by atoms with Gasteiger partial charge in [-0.3, -0.25) is 4.79 Å². The molecule has 32 heavy (non-hydrogen) atoms. The molecule has 0 spiro atoms. The van der Waals surface area contributed by atoms with Gasteiger partial charge < -0.3 is 14.6 Å². The van der Waals surface area contributed by atoms with Crippen LogP contribution in [0.2, 0.25) is 0 Å². The van der Waals surface area contributed by atoms with E-state index in [-0.39, 0.29) is 17.5 Å². The first-order valence-electron chi connectivity index (χ1n) is 9.85. The fraction of sp³-hybridized carbons (Fsp3) is 0.273. The minimum Gasteiger partial charge on any atom is -0.465 e. The summed E-state index contributed by atoms with van der Waals surface area (Å²) in [4.78, 5) is 23.8. The summed E-state index contributed by atoms with van der Waals surface area (Å²) in [5.74, 6) is 1.57. The molecule has 1 N–H and O–H groups in total. The highest BCUT2D eigenvalue weighted by molar-refractivity contribution is 7.99. The number of hydrogen-bond acceptors (Lipinski definition) is 7. The van der Waals surface area contributed by atoms with E-state index in [9.17, 15) is 14.0 Å². The number of carbonyl (C=O) groups is 2. The minimum absolute atomic E-state index is 0.180. The fourth-order valence-corrected chi connectivity index (χ4v) is 4.57. The summed E-state index contributed by atoms with van der Waals surface area (Å²) in [6.45, 7) is 2.70. The van der Waals surface area contributed by atoms with Gasteiger partial charge in [-0.1, -0.05) is 23.9 Å². The molecule has 0 saturated carbocycles. The highest BCUT2D eigenvalue weighted by Gasteiger charge is 2.14. The van der Waals surface area contributed by atoms with Gasteiger partial charge >= 0.3 is 5.97 Å². The number of nitrogens with zero attached hydrogens (tertiary/aromatic N) is 3. The van der Waals surface area contributed by atoms with Gasteiger partial charge in [0, 0.05) is 18.0 Å². The molecule has 0 atom stereocenters. The third-order valence-electron chi connectivity index (χ3n) is 4.44. The van der Waals surface area contributed by atoms with Crippen molar-refractivity contribution in [1.82, 2.24) is 14.8 Å². The number of aromatic nitrogens is 3. The van der Waals surface area contributed by atoms with Crippen LogP contribution in [0.1, 0.15) is 28.7 Å². The van der Waals surface area contributed by atoms with Gasteiger partial charge in [-0.15, -0.1) is 22.0 Å². The van der Waals surface area contributed by atoms with E-state index in [1.807, 2.05) is 11.5 Å². The summed E-state index contributed by atoms with van der Waals surface area (Å²) in [5, 5.41) is 12.0. The zero-order valence-electron chi connectivity index (χ0n) is 17.7. The Morgan fingerprint density at radius 3 is 2.44 bits per heavy atom. The Hall–Kier alpha value is -2.85. The third kappa shape index (κ3) is 6.57. The maximum Gasteiger partial charge on any atom is 0.337 e. The number of rotatable bonds is 10. The van der Waals surface area contributed by atoms with E-state index in [1.54, 1.807) is 48.2 Å². The molecule has 0 unspecified atom stereocenters. The van der Waals surface area contributed by atoms with Crippen molar-refractivity contribution in [1.29, 1.82) is 0 Å². The monoisotopic (exact) mass is 474 g/mol. The lowest BCUT2D eigenvalue weighted by Gasteiger charge is -2.08. The third-order valence-corrected chi connectivity index (χ3v) is 6.41. The van der Waals surface area contributed by atoms with Crippen molar-refractivity contribution in [2.24, 2.45) is 0 Å². The molecule has 3 rings (SSSR count). The second-order valence-electron chi connectivity index (χ2n) is 6.67. The molecule has 0 bridgehead atoms. The van der Waals surface area contributed by atoms with Gasteiger partial charge in [0.05, 0.1) is 24.2 Å². The lowest BCUT2D eigenvalue weighted by molar-refractivity contribution is -0.113. The largest absolute Gasteiger partial charge is 0.465 e. The number of nitrogens with one attached hydrogen (secondary N) is 1. The van der Waals surface area contributed by atoms with Crippen LogP contribution in [-0.4, -0.2) is 39.5 Å². The number of amides is 1. The van der Waals surface area contributed by atoms with Gasteiger partial charge in [0.25, 0.3) is 0 Å². The van der Waals surface area contributed by atoms with Gasteiger partial charge in [0.2, 0.25) is 5.91 Å². The summed E-state index contributed by atoms with van der Waals surface area (Å²) in [6, 6.07) is 13.0. The molecule has 1 heterocycles. The van der Waals surface area contributed by atoms with Crippen molar-refractivity contribution in [2.45, 2.75) is 30.1 Å². The predicted molar refractivity (Wildman–Crippen MR) is 124 cm³/mol. The first-order valence-corrected chi connectivity index (χ1v) is 12.0. The van der Waals surface area contributed by atoms with Crippen molar-refractivity contribution in [3.63, 3.8) is 0 Å². The molecule has 0 aliphatic heterocycles. The Morgan fingerprint density at radius 1 is 1.06 bits per heavy atom. The summed E-state index contributed by atoms with van der Waals surface area (Å²) < 4.78 is 19.7. The summed E-state index contributed by atoms with van der Waals surface area (Å²) in [6.07, 6.45) is 0. The Labute approximate surface area is 194 Å². The van der Waals surface area contributed by atoms with Gasteiger partial charge in [0.1, 0.15) is 11.6 Å². The maximum atomic E-state index is 13.0. The Kier molecular flexibility index (Phi) is 8.69. The van der Waals surface area contributed by atoms with Crippen molar-refractivity contribution >= 4 is 41.1 Å². The number of carbonyl (C=O) groups excluding carboxylic acids is 2. The van der Waals surface area contributed by atoms with Gasteiger partial charge in [-0.05, 0) is 48.9 Å². The van der Waals surface area contributed by atoms with Crippen LogP contribution in [0.25, 0.3) is 0 Å². The number of ether oxygens (including phenoxy) is 1. The first-order chi connectivity index (χ1) is 15.5. The van der Waals surface area contributed by atoms with E-state index in [1.165, 1.54) is 31.0 Å². The quantitative estimate of drug-likeness (QED) is 0.345. The average molecular weight is 475 g/mol. The highest BCUT2D eigenvalue weighted by atomic mass is 32.2. The van der Waals surface area contributed by atoms with Crippen LogP contribution in [0.3, 0.4) is 0 Å². The Bertz CT molecular complexity index is 1060. The second-order valence-corrected chi connectivity index (χ2v) is 8.60. The molecule has 0 aliphatic carbocycles. The van der Waals surface area contributed by atoms with Crippen LogP contribution in [0.4, 0.5) is 10.1 Å². The van der Waals surface area contributed by atoms with Crippen LogP contribution >= 0.6 is 23.5 Å². The molecule has 10 heteroatoms. The van der Waals surface area contributed by atoms with E-state index in [0.29, 0.717) is 28.7 Å². The molecule has 0 saturated heterocycles. The van der Waals surface area contributed by atoms with E-state index < -0.39 is 5.97 Å². The summed E-state index contributed by atoms with van der Waals surface area (Å²) in [5.41, 5.74) is 2.06. The fourth-order valence-electron chi connectivity index (χ4n) is 2.83. The summed E-state index contributed by atoms with van der Waals surface area (Å²) >= 11 is 2.99. The second kappa shape index (κ2) is 11.7. The van der Waals surface area contributed by atoms with Crippen molar-refractivity contribution < 1.29 is 18.7 Å². The highest BCUT2D eigenvalue weighted by Crippen LogP contribution is 2.22. The molecule has 3 aromatic rings. The molecule has 168 valence electrons. The SMILES string of the molecule is CCn1c(CSCc2ccc(F)cc2)nnc1SCC(=O)Nc1ccc(C(=O)OC)cc1. The van der Waals surface area contributed by atoms with Crippen molar-refractivity contribution in [2.75, 3.05) is 18.2 Å². The van der Waals surface area contributed by atoms with Gasteiger partial charge in [0.15, 0.2) is 5.16 Å². The van der Waals surface area contributed by atoms with Crippen LogP contribution in [0, 0.1) is 5.82 Å². The lowest BCUT2D eigenvalue weighted by atomic mass is 10.2. The smallest absolute Gasteiger partial charge is 0.337 e. The van der Waals surface area contributed by atoms with Crippen LogP contribution in [-0.2, 0) is 27.6 Å². The molecule has 2 aromatic carbocycles. The number of thioether (sulfide) groups is 2. The maximum absolute atomic E-state index is 13.0. The number of esters is 1. The minimum atomic E-state index is -0.427. The normalized spacial score (nSPS) is 10.7. The summed E-state index contributed by atoms with van der Waals surface area (Å²) in [7, 11) is 1.32. The van der Waals surface area contributed by atoms with Gasteiger partial charge in [-0.25, -0.2) is 9.18 Å². The van der Waals surface area contributed by atoms with Crippen LogP contribution in [0.5, 0.6) is 0 Å². The molecule has 0 aliphatic rings. The van der Waals surface area contributed by atoms with E-state index in [2.05, 4.69) is 20.3 Å². The molecule has 1 aromatic heterocycles. The standard InChI is InChI=1S/C22H23FN4O3S2/c1-3-27-19(13-31-12-15-4-8-17(23)9-5-15)25-26-22(27)32-14-20(28)24-18-10-6-16(7-11-18)21(29)30-2/h4-11H,3,12-14H2,1-2H3,(H,24,28). The molecule has 0 fully saturated rings. The zero-order chi connectivity index (χ0) is 22.9. The van der Waals surface area contributed by atoms with E-state index in [4.69, 9.17) is 0 Å². The van der Waals surface area contributed by atoms with Crippen LogP contribution in [0.15, 0.2) is 53.7 Å². The molecule has 0 radical (unpaired) electrons. The average Bonchev–Trinajstić information content (AvgIpc) is 3.20. The van der Waals surface area contributed by atoms with Crippen LogP contribution < -0.4 is 5.32 Å². The van der Waals surface area contributed by atoms with Gasteiger partial charge in [-0.2, -0.15) is 0 Å². The Balaban J connectivity index is 1.50. The van der Waals surface area contributed by atoms with E-state index >= 15 is 0 Å². The zero-order valence-corrected chi connectivity index (χ0v) is 19.3. The number of anilines is 1. The number of methoxy groups -OCH3 is 1. The molecular weight excluding hydrogens is 451 g/mol. The lowest BCUT2D eigenvalue weighted by Crippen LogP contribution is -2.15. The number of halogens is 1. The van der Waals surface area contributed by atoms with Crippen molar-refractivity contribution in [3.05, 3.63) is 71.3 Å². The molecule has 7 nitrogen and oxygen atoms in total. The Morgan fingerprint density at radius 2 is 1.78 bits per heavy atom. The topological polar surface area (TPSA) is 86.1 Å². The number of benzene rings is 2. The predicted octanol–water partition coefficient (Wildman–Crippen LogP) is 4.39. The first kappa shape index (κ1) is 23.8. The molecular formula is C22H23FN4O3S2. The molecule has 1 amide bonds. The van der Waals surface area contributed by atoms with Crippen molar-refractivity contribution in [3.8, 4) is 0 Å².